The van der Waals surface area contributed by atoms with Gasteiger partial charge in [0.2, 0.25) is 0 Å². The van der Waals surface area contributed by atoms with E-state index in [1.165, 1.54) is 0 Å². The molecule has 0 spiro atoms. The maximum Gasteiger partial charge on any atom is 0.0934 e. The third kappa shape index (κ3) is 3.85. The van der Waals surface area contributed by atoms with Gasteiger partial charge in [-0.1, -0.05) is 13.0 Å². The van der Waals surface area contributed by atoms with Crippen LogP contribution in [-0.4, -0.2) is 32.0 Å². The van der Waals surface area contributed by atoms with Gasteiger partial charge in [-0.25, -0.2) is 0 Å². The van der Waals surface area contributed by atoms with Crippen LogP contribution in [0.3, 0.4) is 0 Å². The molecule has 12 heavy (non-hydrogen) atoms. The van der Waals surface area contributed by atoms with Crippen LogP contribution in [0, 0.1) is 0 Å². The van der Waals surface area contributed by atoms with Gasteiger partial charge in [0.15, 0.2) is 0 Å². The summed E-state index contributed by atoms with van der Waals surface area (Å²) in [6, 6.07) is 0. The van der Waals surface area contributed by atoms with Crippen LogP contribution in [0.1, 0.15) is 13.3 Å². The Morgan fingerprint density at radius 3 is 2.92 bits per heavy atom. The van der Waals surface area contributed by atoms with Crippen LogP contribution >= 0.6 is 0 Å². The first kappa shape index (κ1) is 9.71. The summed E-state index contributed by atoms with van der Waals surface area (Å²) in [5, 5.41) is 6.70. The average Bonchev–Trinajstić information content (AvgIpc) is 2.89. The first-order valence-electron chi connectivity index (χ1n) is 4.56. The molecule has 1 fully saturated rings. The molecule has 70 valence electrons. The van der Waals surface area contributed by atoms with Gasteiger partial charge in [0.1, 0.15) is 0 Å². The van der Waals surface area contributed by atoms with E-state index in [4.69, 9.17) is 4.74 Å². The summed E-state index contributed by atoms with van der Waals surface area (Å²) < 4.78 is 5.10. The van der Waals surface area contributed by atoms with E-state index in [1.807, 2.05) is 6.08 Å². The predicted molar refractivity (Wildman–Crippen MR) is 50.0 cm³/mol. The van der Waals surface area contributed by atoms with E-state index in [1.54, 1.807) is 0 Å². The summed E-state index contributed by atoms with van der Waals surface area (Å²) in [5.74, 6) is 0. The Hall–Kier alpha value is -0.380. The van der Waals surface area contributed by atoms with Crippen molar-refractivity contribution in [1.29, 1.82) is 0 Å². The van der Waals surface area contributed by atoms with E-state index >= 15 is 0 Å². The van der Waals surface area contributed by atoms with Crippen molar-refractivity contribution in [2.45, 2.75) is 25.6 Å². The van der Waals surface area contributed by atoms with Crippen molar-refractivity contribution in [1.82, 2.24) is 10.6 Å². The van der Waals surface area contributed by atoms with E-state index in [0.717, 1.165) is 26.1 Å². The van der Waals surface area contributed by atoms with Gasteiger partial charge in [-0.2, -0.15) is 0 Å². The van der Waals surface area contributed by atoms with Gasteiger partial charge in [-0.15, -0.1) is 6.58 Å². The lowest BCUT2D eigenvalue weighted by Crippen LogP contribution is -2.43. The highest BCUT2D eigenvalue weighted by Gasteiger charge is 2.22. The summed E-state index contributed by atoms with van der Waals surface area (Å²) in [7, 11) is 0. The van der Waals surface area contributed by atoms with Crippen LogP contribution in [0.4, 0.5) is 0 Å². The molecular weight excluding hydrogens is 152 g/mol. The quantitative estimate of drug-likeness (QED) is 0.331. The Morgan fingerprint density at radius 1 is 1.67 bits per heavy atom. The Labute approximate surface area is 74.2 Å². The molecule has 0 aromatic carbocycles. The number of rotatable bonds is 7. The second-order valence-corrected chi connectivity index (χ2v) is 3.02. The number of ether oxygens (including phenoxy) is 1. The maximum atomic E-state index is 5.10. The molecule has 0 radical (unpaired) electrons. The molecule has 3 nitrogen and oxygen atoms in total. The lowest BCUT2D eigenvalue weighted by Gasteiger charge is -2.16. The van der Waals surface area contributed by atoms with E-state index in [9.17, 15) is 0 Å². The number of hydrogen-bond acceptors (Lipinski definition) is 3. The van der Waals surface area contributed by atoms with Gasteiger partial charge in [-0.05, 0) is 6.42 Å². The summed E-state index contributed by atoms with van der Waals surface area (Å²) in [6.45, 7) is 8.55. The molecule has 2 N–H and O–H groups in total. The van der Waals surface area contributed by atoms with Gasteiger partial charge < -0.3 is 4.74 Å². The molecule has 1 heterocycles. The monoisotopic (exact) mass is 170 g/mol. The fraction of sp³-hybridized carbons (Fsp3) is 0.778. The SMILES string of the molecule is C=CCNC(CC)NCC1CO1. The Kier molecular flexibility index (Phi) is 4.29. The topological polar surface area (TPSA) is 36.6 Å². The largest absolute Gasteiger partial charge is 0.372 e. The molecule has 0 aliphatic carbocycles. The highest BCUT2D eigenvalue weighted by atomic mass is 16.6. The molecule has 0 saturated carbocycles. The molecule has 0 aromatic heterocycles. The van der Waals surface area contributed by atoms with Crippen molar-refractivity contribution >= 4 is 0 Å². The minimum absolute atomic E-state index is 0.396. The highest BCUT2D eigenvalue weighted by Crippen LogP contribution is 2.06. The van der Waals surface area contributed by atoms with Crippen molar-refractivity contribution in [3.05, 3.63) is 12.7 Å². The number of hydrogen-bond donors (Lipinski definition) is 2. The van der Waals surface area contributed by atoms with E-state index in [2.05, 4.69) is 24.1 Å². The minimum atomic E-state index is 0.396. The molecule has 0 bridgehead atoms. The molecular formula is C9H18N2O. The summed E-state index contributed by atoms with van der Waals surface area (Å²) >= 11 is 0. The summed E-state index contributed by atoms with van der Waals surface area (Å²) in [6.07, 6.45) is 3.81. The number of epoxide rings is 1. The molecule has 3 heteroatoms. The van der Waals surface area contributed by atoms with Crippen LogP contribution in [0.25, 0.3) is 0 Å². The third-order valence-corrected chi connectivity index (χ3v) is 1.91. The van der Waals surface area contributed by atoms with Crippen molar-refractivity contribution < 1.29 is 4.74 Å². The fourth-order valence-electron chi connectivity index (χ4n) is 1.05. The first-order valence-corrected chi connectivity index (χ1v) is 4.56. The van der Waals surface area contributed by atoms with Crippen molar-refractivity contribution in [2.24, 2.45) is 0 Å². The van der Waals surface area contributed by atoms with Crippen molar-refractivity contribution in [2.75, 3.05) is 19.7 Å². The second-order valence-electron chi connectivity index (χ2n) is 3.02. The van der Waals surface area contributed by atoms with Gasteiger partial charge in [0, 0.05) is 13.1 Å². The molecule has 0 amide bonds. The molecule has 1 aliphatic rings. The van der Waals surface area contributed by atoms with Crippen LogP contribution in [-0.2, 0) is 4.74 Å². The maximum absolute atomic E-state index is 5.10. The van der Waals surface area contributed by atoms with Crippen molar-refractivity contribution in [3.8, 4) is 0 Å². The molecule has 1 saturated heterocycles. The third-order valence-electron chi connectivity index (χ3n) is 1.91. The first-order chi connectivity index (χ1) is 5.86. The standard InChI is InChI=1S/C9H18N2O/c1-3-5-10-9(4-2)11-6-8-7-12-8/h3,8-11H,1,4-7H2,2H3. The molecule has 2 atom stereocenters. The molecule has 1 aliphatic heterocycles. The molecule has 0 aromatic rings. The molecule has 1 rings (SSSR count). The smallest absolute Gasteiger partial charge is 0.0934 e. The van der Waals surface area contributed by atoms with Crippen LogP contribution < -0.4 is 10.6 Å². The Balaban J connectivity index is 2.01. The van der Waals surface area contributed by atoms with Gasteiger partial charge in [-0.3, -0.25) is 10.6 Å². The van der Waals surface area contributed by atoms with E-state index in [0.29, 0.717) is 12.3 Å². The Morgan fingerprint density at radius 2 is 2.42 bits per heavy atom. The van der Waals surface area contributed by atoms with Gasteiger partial charge in [0.25, 0.3) is 0 Å². The van der Waals surface area contributed by atoms with Crippen LogP contribution in [0.5, 0.6) is 0 Å². The average molecular weight is 170 g/mol. The zero-order chi connectivity index (χ0) is 8.81. The van der Waals surface area contributed by atoms with E-state index in [-0.39, 0.29) is 0 Å². The highest BCUT2D eigenvalue weighted by molar-refractivity contribution is 4.77. The van der Waals surface area contributed by atoms with Crippen LogP contribution in [0.2, 0.25) is 0 Å². The Bertz CT molecular complexity index is 134. The lowest BCUT2D eigenvalue weighted by molar-refractivity contribution is 0.362. The normalized spacial score (nSPS) is 23.6. The van der Waals surface area contributed by atoms with E-state index < -0.39 is 0 Å². The number of nitrogens with one attached hydrogen (secondary N) is 2. The summed E-state index contributed by atoms with van der Waals surface area (Å²) in [5.41, 5.74) is 0. The van der Waals surface area contributed by atoms with Crippen molar-refractivity contribution in [3.63, 3.8) is 0 Å². The predicted octanol–water partition coefficient (Wildman–Crippen LogP) is 0.486. The zero-order valence-electron chi connectivity index (χ0n) is 7.68. The fourth-order valence-corrected chi connectivity index (χ4v) is 1.05. The minimum Gasteiger partial charge on any atom is -0.372 e. The second kappa shape index (κ2) is 5.30. The zero-order valence-corrected chi connectivity index (χ0v) is 7.68. The lowest BCUT2D eigenvalue weighted by atomic mass is 10.3. The van der Waals surface area contributed by atoms with Gasteiger partial charge in [0.05, 0.1) is 18.9 Å². The van der Waals surface area contributed by atoms with Gasteiger partial charge >= 0.3 is 0 Å². The molecule has 2 unspecified atom stereocenters. The van der Waals surface area contributed by atoms with Crippen LogP contribution in [0.15, 0.2) is 12.7 Å². The summed E-state index contributed by atoms with van der Waals surface area (Å²) in [4.78, 5) is 0.